The number of aromatic amines is 1. The Labute approximate surface area is 221 Å². The van der Waals surface area contributed by atoms with Crippen molar-refractivity contribution in [3.8, 4) is 22.9 Å². The highest BCUT2D eigenvalue weighted by Crippen LogP contribution is 2.34. The van der Waals surface area contributed by atoms with Gasteiger partial charge in [0.05, 0.1) is 29.4 Å². The molecule has 0 saturated carbocycles. The van der Waals surface area contributed by atoms with Gasteiger partial charge in [-0.15, -0.1) is 0 Å². The smallest absolute Gasteiger partial charge is 0.490 e. The van der Waals surface area contributed by atoms with Gasteiger partial charge in [-0.1, -0.05) is 30.3 Å². The number of benzene rings is 2. The predicted molar refractivity (Wildman–Crippen MR) is 136 cm³/mol. The van der Waals surface area contributed by atoms with E-state index in [1.807, 2.05) is 62.4 Å². The highest BCUT2D eigenvalue weighted by atomic mass is 19.4. The van der Waals surface area contributed by atoms with Crippen molar-refractivity contribution in [2.24, 2.45) is 0 Å². The Bertz CT molecular complexity index is 1420. The van der Waals surface area contributed by atoms with Gasteiger partial charge in [0.25, 0.3) is 0 Å². The summed E-state index contributed by atoms with van der Waals surface area (Å²) in [4.78, 5) is 33.0. The molecular weight excluding hydrogens is 519 g/mol. The maximum absolute atomic E-state index is 12.0. The minimum absolute atomic E-state index is 0.0314. The van der Waals surface area contributed by atoms with Crippen LogP contribution in [0.2, 0.25) is 0 Å². The van der Waals surface area contributed by atoms with Crippen molar-refractivity contribution in [2.75, 3.05) is 6.61 Å². The fourth-order valence-corrected chi connectivity index (χ4v) is 3.23. The molecule has 0 bridgehead atoms. The maximum atomic E-state index is 12.0. The summed E-state index contributed by atoms with van der Waals surface area (Å²) in [7, 11) is 0. The van der Waals surface area contributed by atoms with Gasteiger partial charge >= 0.3 is 18.1 Å². The highest BCUT2D eigenvalue weighted by Gasteiger charge is 2.38. The van der Waals surface area contributed by atoms with Crippen LogP contribution in [-0.2, 0) is 16.1 Å². The van der Waals surface area contributed by atoms with E-state index in [-0.39, 0.29) is 6.10 Å². The lowest BCUT2D eigenvalue weighted by Crippen LogP contribution is -2.21. The number of carboxylic acid groups (broad SMARTS) is 1. The molecule has 9 nitrogen and oxygen atoms in total. The lowest BCUT2D eigenvalue weighted by atomic mass is 10.1. The van der Waals surface area contributed by atoms with Crippen LogP contribution in [0.15, 0.2) is 60.8 Å². The van der Waals surface area contributed by atoms with E-state index in [1.165, 1.54) is 6.20 Å². The van der Waals surface area contributed by atoms with E-state index >= 15 is 0 Å². The second-order valence-corrected chi connectivity index (χ2v) is 8.30. The summed E-state index contributed by atoms with van der Waals surface area (Å²) in [6, 6.07) is 17.3. The zero-order chi connectivity index (χ0) is 28.6. The van der Waals surface area contributed by atoms with Crippen molar-refractivity contribution in [2.45, 2.75) is 39.7 Å². The standard InChI is InChI=1S/C25H25N3O4.C2HF3O2/c1-4-30-25(29)18-12-21-24(26-14-18)28-23(27-21)20-11-10-19(13-22(20)32-16(2)3)31-15-17-8-6-5-7-9-17;3-2(4,5)1(6)7/h5-14,16H,4,15H2,1-3H3,(H,26,27,28);(H,6,7). The minimum Gasteiger partial charge on any atom is -0.490 e. The summed E-state index contributed by atoms with van der Waals surface area (Å²) in [5.41, 5.74) is 3.39. The summed E-state index contributed by atoms with van der Waals surface area (Å²) < 4.78 is 48.8. The van der Waals surface area contributed by atoms with E-state index in [2.05, 4.69) is 15.0 Å². The van der Waals surface area contributed by atoms with Crippen molar-refractivity contribution in [3.63, 3.8) is 0 Å². The van der Waals surface area contributed by atoms with E-state index in [1.54, 1.807) is 13.0 Å². The lowest BCUT2D eigenvalue weighted by Gasteiger charge is -2.15. The molecule has 2 aromatic heterocycles. The van der Waals surface area contributed by atoms with Crippen LogP contribution in [0, 0.1) is 0 Å². The molecule has 0 aliphatic carbocycles. The molecule has 39 heavy (non-hydrogen) atoms. The second-order valence-electron chi connectivity index (χ2n) is 8.30. The molecule has 0 saturated heterocycles. The van der Waals surface area contributed by atoms with E-state index < -0.39 is 18.1 Å². The van der Waals surface area contributed by atoms with Gasteiger partial charge in [-0.25, -0.2) is 19.6 Å². The number of esters is 1. The van der Waals surface area contributed by atoms with Gasteiger partial charge in [0, 0.05) is 12.3 Å². The Kier molecular flexibility index (Phi) is 9.47. The van der Waals surface area contributed by atoms with Crippen LogP contribution in [-0.4, -0.2) is 50.9 Å². The quantitative estimate of drug-likeness (QED) is 0.266. The molecule has 2 aromatic carbocycles. The van der Waals surface area contributed by atoms with Crippen LogP contribution in [0.3, 0.4) is 0 Å². The van der Waals surface area contributed by atoms with Crippen molar-refractivity contribution in [1.82, 2.24) is 15.0 Å². The third-order valence-corrected chi connectivity index (χ3v) is 4.91. The Morgan fingerprint density at radius 1 is 1.08 bits per heavy atom. The van der Waals surface area contributed by atoms with Crippen molar-refractivity contribution < 1.29 is 42.1 Å². The Hall–Kier alpha value is -4.61. The molecule has 0 amide bonds. The molecule has 0 aliphatic rings. The molecule has 0 aliphatic heterocycles. The number of imidazole rings is 1. The molecule has 2 heterocycles. The number of nitrogens with one attached hydrogen (secondary N) is 1. The number of alkyl halides is 3. The van der Waals surface area contributed by atoms with Gasteiger partial charge < -0.3 is 24.3 Å². The molecule has 4 rings (SSSR count). The molecule has 206 valence electrons. The van der Waals surface area contributed by atoms with Crippen LogP contribution in [0.1, 0.15) is 36.7 Å². The third-order valence-electron chi connectivity index (χ3n) is 4.91. The summed E-state index contributed by atoms with van der Waals surface area (Å²) >= 11 is 0. The number of ether oxygens (including phenoxy) is 3. The number of aromatic nitrogens is 3. The highest BCUT2D eigenvalue weighted by molar-refractivity contribution is 5.92. The van der Waals surface area contributed by atoms with E-state index in [0.717, 1.165) is 11.1 Å². The van der Waals surface area contributed by atoms with E-state index in [4.69, 9.17) is 24.1 Å². The molecular formula is C27H26F3N3O6. The molecule has 0 unspecified atom stereocenters. The number of rotatable bonds is 8. The normalized spacial score (nSPS) is 11.1. The number of carbonyl (C=O) groups is 2. The third kappa shape index (κ3) is 8.19. The first kappa shape index (κ1) is 29.0. The topological polar surface area (TPSA) is 124 Å². The molecule has 4 aromatic rings. The average molecular weight is 546 g/mol. The largest absolute Gasteiger partial charge is 0.490 e. The van der Waals surface area contributed by atoms with Gasteiger partial charge in [0.15, 0.2) is 5.65 Å². The van der Waals surface area contributed by atoms with Gasteiger partial charge in [0.1, 0.15) is 23.9 Å². The van der Waals surface area contributed by atoms with Gasteiger partial charge in [0.2, 0.25) is 0 Å². The number of fused-ring (bicyclic) bond motifs is 1. The van der Waals surface area contributed by atoms with Crippen LogP contribution in [0.5, 0.6) is 11.5 Å². The first-order valence-electron chi connectivity index (χ1n) is 11.8. The molecule has 2 N–H and O–H groups in total. The summed E-state index contributed by atoms with van der Waals surface area (Å²) in [6.07, 6.45) is -3.65. The van der Waals surface area contributed by atoms with Crippen molar-refractivity contribution >= 4 is 23.1 Å². The fraction of sp³-hybridized carbons (Fsp3) is 0.259. The van der Waals surface area contributed by atoms with Crippen LogP contribution < -0.4 is 9.47 Å². The summed E-state index contributed by atoms with van der Waals surface area (Å²) in [5, 5.41) is 7.12. The monoisotopic (exact) mass is 545 g/mol. The van der Waals surface area contributed by atoms with Crippen molar-refractivity contribution in [1.29, 1.82) is 0 Å². The first-order valence-corrected chi connectivity index (χ1v) is 11.8. The van der Waals surface area contributed by atoms with Gasteiger partial charge in [-0.05, 0) is 44.5 Å². The maximum Gasteiger partial charge on any atom is 0.490 e. The molecule has 0 radical (unpaired) electrons. The zero-order valence-corrected chi connectivity index (χ0v) is 21.3. The summed E-state index contributed by atoms with van der Waals surface area (Å²) in [5.74, 6) is -1.23. The van der Waals surface area contributed by atoms with Crippen LogP contribution >= 0.6 is 0 Å². The van der Waals surface area contributed by atoms with Gasteiger partial charge in [-0.3, -0.25) is 0 Å². The van der Waals surface area contributed by atoms with Crippen LogP contribution in [0.25, 0.3) is 22.6 Å². The molecule has 0 atom stereocenters. The second kappa shape index (κ2) is 12.8. The fourth-order valence-electron chi connectivity index (χ4n) is 3.23. The number of halogens is 3. The molecule has 0 fully saturated rings. The SMILES string of the molecule is CCOC(=O)c1cnc2nc(-c3ccc(OCc4ccccc4)cc3OC(C)C)[nH]c2c1.O=C(O)C(F)(F)F. The number of pyridine rings is 1. The Morgan fingerprint density at radius 3 is 2.38 bits per heavy atom. The lowest BCUT2D eigenvalue weighted by molar-refractivity contribution is -0.192. The number of H-pyrrole nitrogens is 1. The number of aliphatic carboxylic acids is 1. The molecule has 12 heteroatoms. The first-order chi connectivity index (χ1) is 18.5. The van der Waals surface area contributed by atoms with E-state index in [9.17, 15) is 18.0 Å². The Balaban J connectivity index is 0.000000532. The number of nitrogens with zero attached hydrogens (tertiary/aromatic N) is 2. The van der Waals surface area contributed by atoms with E-state index in [0.29, 0.717) is 47.3 Å². The van der Waals surface area contributed by atoms with Crippen molar-refractivity contribution in [3.05, 3.63) is 71.9 Å². The number of hydrogen-bond donors (Lipinski definition) is 2. The molecule has 0 spiro atoms. The number of carboxylic acids is 1. The van der Waals surface area contributed by atoms with Gasteiger partial charge in [-0.2, -0.15) is 13.2 Å². The average Bonchev–Trinajstić information content (AvgIpc) is 3.31. The number of hydrogen-bond acceptors (Lipinski definition) is 7. The minimum atomic E-state index is -5.08. The summed E-state index contributed by atoms with van der Waals surface area (Å²) in [6.45, 7) is 6.47. The number of carbonyl (C=O) groups excluding carboxylic acids is 1. The zero-order valence-electron chi connectivity index (χ0n) is 21.3. The van der Waals surface area contributed by atoms with Crippen LogP contribution in [0.4, 0.5) is 13.2 Å². The predicted octanol–water partition coefficient (Wildman–Crippen LogP) is 5.80. The Morgan fingerprint density at radius 2 is 1.77 bits per heavy atom.